The van der Waals surface area contributed by atoms with Crippen LogP contribution in [0.15, 0.2) is 22.7 Å². The quantitative estimate of drug-likeness (QED) is 0.358. The Morgan fingerprint density at radius 1 is 1.11 bits per heavy atom. The number of hydrogen-bond donors (Lipinski definition) is 1. The van der Waals surface area contributed by atoms with Gasteiger partial charge in [-0.15, -0.1) is 0 Å². The standard InChI is InChI=1S/C16H24BrIO/c1-2-3-4-5-6-7-8-9-16(19)14-12-13(18)10-11-15(14)17/h10-12,16,19H,2-9H2,1H3. The van der Waals surface area contributed by atoms with E-state index in [0.717, 1.165) is 22.9 Å². The summed E-state index contributed by atoms with van der Waals surface area (Å²) in [4.78, 5) is 0. The third-order valence-corrected chi connectivity index (χ3v) is 4.79. The summed E-state index contributed by atoms with van der Waals surface area (Å²) < 4.78 is 2.19. The van der Waals surface area contributed by atoms with Crippen molar-refractivity contribution in [1.82, 2.24) is 0 Å². The van der Waals surface area contributed by atoms with Crippen LogP contribution >= 0.6 is 38.5 Å². The maximum Gasteiger partial charge on any atom is 0.0801 e. The number of aliphatic hydroxyl groups excluding tert-OH is 1. The number of benzene rings is 1. The van der Waals surface area contributed by atoms with Crippen molar-refractivity contribution in [2.45, 2.75) is 64.4 Å². The van der Waals surface area contributed by atoms with Gasteiger partial charge in [0, 0.05) is 8.04 Å². The van der Waals surface area contributed by atoms with Crippen LogP contribution in [0.3, 0.4) is 0 Å². The van der Waals surface area contributed by atoms with Crippen LogP contribution < -0.4 is 0 Å². The Hall–Kier alpha value is 0.390. The molecule has 0 radical (unpaired) electrons. The van der Waals surface area contributed by atoms with Gasteiger partial charge in [-0.3, -0.25) is 0 Å². The van der Waals surface area contributed by atoms with Crippen LogP contribution in [0, 0.1) is 3.57 Å². The minimum absolute atomic E-state index is 0.334. The molecule has 0 aliphatic rings. The molecule has 19 heavy (non-hydrogen) atoms. The molecule has 0 heterocycles. The predicted octanol–water partition coefficient (Wildman–Crippen LogP) is 6.23. The van der Waals surface area contributed by atoms with E-state index in [2.05, 4.69) is 57.6 Å². The van der Waals surface area contributed by atoms with Crippen LogP contribution in [-0.2, 0) is 0 Å². The fourth-order valence-corrected chi connectivity index (χ4v) is 3.25. The molecule has 1 nitrogen and oxygen atoms in total. The monoisotopic (exact) mass is 438 g/mol. The average molecular weight is 439 g/mol. The summed E-state index contributed by atoms with van der Waals surface area (Å²) in [6, 6.07) is 6.14. The van der Waals surface area contributed by atoms with Crippen molar-refractivity contribution in [2.24, 2.45) is 0 Å². The van der Waals surface area contributed by atoms with Crippen molar-refractivity contribution in [1.29, 1.82) is 0 Å². The molecule has 1 atom stereocenters. The summed E-state index contributed by atoms with van der Waals surface area (Å²) in [6.07, 6.45) is 9.57. The summed E-state index contributed by atoms with van der Waals surface area (Å²) in [7, 11) is 0. The van der Waals surface area contributed by atoms with Gasteiger partial charge in [-0.05, 0) is 52.8 Å². The van der Waals surface area contributed by atoms with Crippen molar-refractivity contribution >= 4 is 38.5 Å². The van der Waals surface area contributed by atoms with Gasteiger partial charge in [0.2, 0.25) is 0 Å². The van der Waals surface area contributed by atoms with Gasteiger partial charge in [0.15, 0.2) is 0 Å². The minimum atomic E-state index is -0.334. The maximum absolute atomic E-state index is 10.2. The number of halogens is 2. The first-order chi connectivity index (χ1) is 9.15. The lowest BCUT2D eigenvalue weighted by atomic mass is 10.0. The van der Waals surface area contributed by atoms with Gasteiger partial charge in [0.1, 0.15) is 0 Å². The first-order valence-corrected chi connectivity index (χ1v) is 9.15. The van der Waals surface area contributed by atoms with Crippen LogP contribution in [0.5, 0.6) is 0 Å². The van der Waals surface area contributed by atoms with Gasteiger partial charge in [-0.1, -0.05) is 67.8 Å². The van der Waals surface area contributed by atoms with Gasteiger partial charge in [0.05, 0.1) is 6.10 Å². The van der Waals surface area contributed by atoms with Crippen LogP contribution in [0.1, 0.15) is 70.0 Å². The molecule has 0 aliphatic heterocycles. The third-order valence-electron chi connectivity index (χ3n) is 3.40. The highest BCUT2D eigenvalue weighted by atomic mass is 127. The molecule has 0 saturated heterocycles. The van der Waals surface area contributed by atoms with E-state index in [1.165, 1.54) is 42.1 Å². The lowest BCUT2D eigenvalue weighted by Gasteiger charge is -2.13. The molecule has 1 N–H and O–H groups in total. The molecule has 0 saturated carbocycles. The molecule has 1 aromatic carbocycles. The maximum atomic E-state index is 10.2. The van der Waals surface area contributed by atoms with Crippen molar-refractivity contribution < 1.29 is 5.11 Å². The minimum Gasteiger partial charge on any atom is -0.388 e. The highest BCUT2D eigenvalue weighted by Crippen LogP contribution is 2.28. The van der Waals surface area contributed by atoms with E-state index in [9.17, 15) is 5.11 Å². The summed E-state index contributed by atoms with van der Waals surface area (Å²) in [5.74, 6) is 0. The fraction of sp³-hybridized carbons (Fsp3) is 0.625. The molecule has 0 aliphatic carbocycles. The molecular formula is C16H24BrIO. The average Bonchev–Trinajstić information content (AvgIpc) is 2.40. The van der Waals surface area contributed by atoms with Crippen LogP contribution in [0.2, 0.25) is 0 Å². The second-order valence-electron chi connectivity index (χ2n) is 5.09. The molecule has 0 spiro atoms. The van der Waals surface area contributed by atoms with Crippen LogP contribution in [0.4, 0.5) is 0 Å². The Balaban J connectivity index is 2.23. The number of rotatable bonds is 9. The zero-order valence-electron chi connectivity index (χ0n) is 11.7. The van der Waals surface area contributed by atoms with E-state index in [0.29, 0.717) is 0 Å². The molecule has 1 rings (SSSR count). The topological polar surface area (TPSA) is 20.2 Å². The molecule has 0 bridgehead atoms. The zero-order chi connectivity index (χ0) is 14.1. The Bertz CT molecular complexity index is 368. The number of unbranched alkanes of at least 4 members (excludes halogenated alkanes) is 6. The largest absolute Gasteiger partial charge is 0.388 e. The Kier molecular flexibility index (Phi) is 9.33. The van der Waals surface area contributed by atoms with Crippen molar-refractivity contribution in [3.8, 4) is 0 Å². The van der Waals surface area contributed by atoms with Crippen molar-refractivity contribution in [3.63, 3.8) is 0 Å². The Labute approximate surface area is 139 Å². The van der Waals surface area contributed by atoms with Crippen LogP contribution in [0.25, 0.3) is 0 Å². The van der Waals surface area contributed by atoms with E-state index in [1.54, 1.807) is 0 Å². The first kappa shape index (κ1) is 17.4. The van der Waals surface area contributed by atoms with Crippen molar-refractivity contribution in [2.75, 3.05) is 0 Å². The Morgan fingerprint density at radius 3 is 2.42 bits per heavy atom. The number of hydrogen-bond acceptors (Lipinski definition) is 1. The van der Waals surface area contributed by atoms with E-state index >= 15 is 0 Å². The van der Waals surface area contributed by atoms with E-state index in [4.69, 9.17) is 0 Å². The molecular weight excluding hydrogens is 415 g/mol. The summed E-state index contributed by atoms with van der Waals surface area (Å²) in [6.45, 7) is 2.25. The fourth-order valence-electron chi connectivity index (χ4n) is 2.22. The zero-order valence-corrected chi connectivity index (χ0v) is 15.4. The highest BCUT2D eigenvalue weighted by molar-refractivity contribution is 14.1. The predicted molar refractivity (Wildman–Crippen MR) is 94.4 cm³/mol. The highest BCUT2D eigenvalue weighted by Gasteiger charge is 2.11. The normalized spacial score (nSPS) is 12.6. The summed E-state index contributed by atoms with van der Waals surface area (Å²) >= 11 is 5.81. The van der Waals surface area contributed by atoms with Gasteiger partial charge >= 0.3 is 0 Å². The lowest BCUT2D eigenvalue weighted by molar-refractivity contribution is 0.162. The second kappa shape index (κ2) is 10.2. The van der Waals surface area contributed by atoms with Gasteiger partial charge in [0.25, 0.3) is 0 Å². The van der Waals surface area contributed by atoms with Gasteiger partial charge < -0.3 is 5.11 Å². The third kappa shape index (κ3) is 7.09. The van der Waals surface area contributed by atoms with E-state index in [1.807, 2.05) is 6.07 Å². The smallest absolute Gasteiger partial charge is 0.0801 e. The second-order valence-corrected chi connectivity index (χ2v) is 7.19. The molecule has 3 heteroatoms. The lowest BCUT2D eigenvalue weighted by Crippen LogP contribution is -1.99. The molecule has 0 fully saturated rings. The van der Waals surface area contributed by atoms with E-state index in [-0.39, 0.29) is 6.10 Å². The molecule has 0 aromatic heterocycles. The van der Waals surface area contributed by atoms with Crippen LogP contribution in [-0.4, -0.2) is 5.11 Å². The first-order valence-electron chi connectivity index (χ1n) is 7.28. The molecule has 1 unspecified atom stereocenters. The number of aliphatic hydroxyl groups is 1. The van der Waals surface area contributed by atoms with E-state index < -0.39 is 0 Å². The molecule has 0 amide bonds. The SMILES string of the molecule is CCCCCCCCCC(O)c1cc(I)ccc1Br. The van der Waals surface area contributed by atoms with Gasteiger partial charge in [-0.25, -0.2) is 0 Å². The Morgan fingerprint density at radius 2 is 1.74 bits per heavy atom. The molecule has 108 valence electrons. The molecule has 1 aromatic rings. The van der Waals surface area contributed by atoms with Crippen molar-refractivity contribution in [3.05, 3.63) is 31.8 Å². The summed E-state index contributed by atoms with van der Waals surface area (Å²) in [5.41, 5.74) is 1.03. The van der Waals surface area contributed by atoms with Gasteiger partial charge in [-0.2, -0.15) is 0 Å². The summed E-state index contributed by atoms with van der Waals surface area (Å²) in [5, 5.41) is 10.2.